The van der Waals surface area contributed by atoms with Crippen LogP contribution in [0.4, 0.5) is 5.69 Å². The van der Waals surface area contributed by atoms with Crippen LogP contribution in [0.15, 0.2) is 18.2 Å². The average molecular weight is 393 g/mol. The van der Waals surface area contributed by atoms with E-state index in [0.29, 0.717) is 18.3 Å². The lowest BCUT2D eigenvalue weighted by atomic mass is 9.47. The maximum atomic E-state index is 13.1. The van der Waals surface area contributed by atoms with Crippen molar-refractivity contribution in [1.82, 2.24) is 5.32 Å². The molecule has 4 saturated carbocycles. The van der Waals surface area contributed by atoms with Gasteiger partial charge in [0.1, 0.15) is 10.8 Å². The Labute approximate surface area is 161 Å². The summed E-state index contributed by atoms with van der Waals surface area (Å²) in [5.74, 6) is 0.635. The van der Waals surface area contributed by atoms with E-state index in [0.717, 1.165) is 32.1 Å². The van der Waals surface area contributed by atoms with Crippen molar-refractivity contribution in [2.45, 2.75) is 51.0 Å². The molecule has 0 spiro atoms. The Morgan fingerprint density at radius 2 is 1.93 bits per heavy atom. The van der Waals surface area contributed by atoms with Crippen LogP contribution in [-0.4, -0.2) is 22.3 Å². The second-order valence-corrected chi connectivity index (χ2v) is 8.87. The molecule has 1 amide bonds. The summed E-state index contributed by atoms with van der Waals surface area (Å²) in [7, 11) is 0. The van der Waals surface area contributed by atoms with E-state index in [1.807, 2.05) is 0 Å². The van der Waals surface area contributed by atoms with Crippen LogP contribution < -0.4 is 10.1 Å². The van der Waals surface area contributed by atoms with Crippen LogP contribution in [0.5, 0.6) is 5.75 Å². The predicted octanol–water partition coefficient (Wildman–Crippen LogP) is 3.63. The third-order valence-corrected chi connectivity index (χ3v) is 6.56. The number of halogens is 1. The van der Waals surface area contributed by atoms with E-state index in [1.54, 1.807) is 0 Å². The number of nitrogens with zero attached hydrogens (tertiary/aromatic N) is 1. The summed E-state index contributed by atoms with van der Waals surface area (Å²) >= 11 is 5.93. The monoisotopic (exact) mass is 392 g/mol. The summed E-state index contributed by atoms with van der Waals surface area (Å²) in [6.07, 6.45) is 5.06. The lowest BCUT2D eigenvalue weighted by Gasteiger charge is -2.60. The lowest BCUT2D eigenvalue weighted by molar-refractivity contribution is -0.384. The van der Waals surface area contributed by atoms with Gasteiger partial charge in [0.25, 0.3) is 5.69 Å². The van der Waals surface area contributed by atoms with Gasteiger partial charge in [-0.15, -0.1) is 0 Å². The van der Waals surface area contributed by atoms with Gasteiger partial charge in [-0.2, -0.15) is 0 Å². The molecule has 1 aromatic carbocycles. The number of esters is 1. The van der Waals surface area contributed by atoms with E-state index < -0.39 is 10.3 Å². The fourth-order valence-electron chi connectivity index (χ4n) is 5.94. The normalized spacial score (nSPS) is 33.6. The molecule has 0 aliphatic heterocycles. The van der Waals surface area contributed by atoms with Crippen LogP contribution in [0.3, 0.4) is 0 Å². The Balaban J connectivity index is 1.57. The minimum atomic E-state index is -0.610. The van der Waals surface area contributed by atoms with Crippen molar-refractivity contribution in [3.63, 3.8) is 0 Å². The molecule has 0 radical (unpaired) electrons. The maximum absolute atomic E-state index is 13.1. The molecule has 4 fully saturated rings. The molecule has 8 heteroatoms. The first-order valence-electron chi connectivity index (χ1n) is 9.15. The highest BCUT2D eigenvalue weighted by molar-refractivity contribution is 6.32. The van der Waals surface area contributed by atoms with Gasteiger partial charge in [0, 0.05) is 24.6 Å². The number of carbonyl (C=O) groups excluding carboxylic acids is 2. The number of benzene rings is 1. The van der Waals surface area contributed by atoms with E-state index in [2.05, 4.69) is 5.32 Å². The highest BCUT2D eigenvalue weighted by Crippen LogP contribution is 2.62. The van der Waals surface area contributed by atoms with E-state index in [9.17, 15) is 19.7 Å². The van der Waals surface area contributed by atoms with Gasteiger partial charge in [0.05, 0.1) is 10.3 Å². The molecular weight excluding hydrogens is 372 g/mol. The summed E-state index contributed by atoms with van der Waals surface area (Å²) in [5, 5.41) is 13.9. The molecule has 27 heavy (non-hydrogen) atoms. The standard InChI is InChI=1S/C19H21ClN2O5/c1-11(23)21-19-8-12-4-13(9-19)7-18(6-12,10-19)17(24)27-14-2-3-16(22(25)26)15(20)5-14/h2-3,5,12-13H,4,6-10H2,1H3,(H,21,23). The molecule has 1 aromatic rings. The zero-order valence-corrected chi connectivity index (χ0v) is 15.8. The number of nitrogens with one attached hydrogen (secondary N) is 1. The minimum absolute atomic E-state index is 0.0643. The maximum Gasteiger partial charge on any atom is 0.317 e. The van der Waals surface area contributed by atoms with Gasteiger partial charge in [-0.05, 0) is 56.4 Å². The topological polar surface area (TPSA) is 98.5 Å². The summed E-state index contributed by atoms with van der Waals surface area (Å²) < 4.78 is 5.61. The lowest BCUT2D eigenvalue weighted by Crippen LogP contribution is -2.65. The first kappa shape index (κ1) is 18.2. The molecule has 2 unspecified atom stereocenters. The molecule has 0 heterocycles. The smallest absolute Gasteiger partial charge is 0.317 e. The van der Waals surface area contributed by atoms with Crippen molar-refractivity contribution in [3.8, 4) is 5.75 Å². The van der Waals surface area contributed by atoms with Gasteiger partial charge in [-0.1, -0.05) is 11.6 Å². The fourth-order valence-corrected chi connectivity index (χ4v) is 6.18. The number of amides is 1. The molecular formula is C19H21ClN2O5. The zero-order chi connectivity index (χ0) is 19.4. The van der Waals surface area contributed by atoms with Gasteiger partial charge in [-0.3, -0.25) is 19.7 Å². The number of hydrogen-bond donors (Lipinski definition) is 1. The highest BCUT2D eigenvalue weighted by Gasteiger charge is 2.61. The Morgan fingerprint density at radius 3 is 2.48 bits per heavy atom. The number of ether oxygens (including phenoxy) is 1. The number of nitro benzene ring substituents is 1. The van der Waals surface area contributed by atoms with Crippen LogP contribution in [-0.2, 0) is 9.59 Å². The first-order valence-corrected chi connectivity index (χ1v) is 9.53. The third kappa shape index (κ3) is 3.18. The van der Waals surface area contributed by atoms with Gasteiger partial charge in [0.2, 0.25) is 5.91 Å². The Kier molecular flexibility index (Phi) is 4.18. The van der Waals surface area contributed by atoms with Crippen molar-refractivity contribution in [1.29, 1.82) is 0 Å². The largest absolute Gasteiger partial charge is 0.426 e. The van der Waals surface area contributed by atoms with Crippen LogP contribution in [0.25, 0.3) is 0 Å². The number of carbonyl (C=O) groups is 2. The number of rotatable bonds is 4. The third-order valence-electron chi connectivity index (χ3n) is 6.26. The zero-order valence-electron chi connectivity index (χ0n) is 15.0. The van der Waals surface area contributed by atoms with E-state index >= 15 is 0 Å². The summed E-state index contributed by atoms with van der Waals surface area (Å²) in [4.78, 5) is 35.1. The van der Waals surface area contributed by atoms with E-state index in [1.165, 1.54) is 25.1 Å². The summed E-state index contributed by atoms with van der Waals surface area (Å²) in [5.41, 5.74) is -1.15. The van der Waals surface area contributed by atoms with Crippen LogP contribution >= 0.6 is 11.6 Å². The summed E-state index contributed by atoms with van der Waals surface area (Å²) in [6.45, 7) is 1.52. The Bertz CT molecular complexity index is 825. The Morgan fingerprint density at radius 1 is 1.26 bits per heavy atom. The highest BCUT2D eigenvalue weighted by atomic mass is 35.5. The van der Waals surface area contributed by atoms with Crippen molar-refractivity contribution >= 4 is 29.2 Å². The Hall–Kier alpha value is -2.15. The number of nitro groups is 1. The summed E-state index contributed by atoms with van der Waals surface area (Å²) in [6, 6.07) is 3.94. The minimum Gasteiger partial charge on any atom is -0.426 e. The van der Waals surface area contributed by atoms with Crippen LogP contribution in [0.2, 0.25) is 5.02 Å². The molecule has 4 aliphatic carbocycles. The molecule has 5 rings (SSSR count). The molecule has 4 aliphatic rings. The van der Waals surface area contributed by atoms with Gasteiger partial charge < -0.3 is 10.1 Å². The molecule has 7 nitrogen and oxygen atoms in total. The number of hydrogen-bond acceptors (Lipinski definition) is 5. The van der Waals surface area contributed by atoms with E-state index in [4.69, 9.17) is 16.3 Å². The molecule has 0 aromatic heterocycles. The molecule has 144 valence electrons. The predicted molar refractivity (Wildman–Crippen MR) is 97.4 cm³/mol. The average Bonchev–Trinajstić information content (AvgIpc) is 2.51. The van der Waals surface area contributed by atoms with Crippen molar-refractivity contribution < 1.29 is 19.2 Å². The van der Waals surface area contributed by atoms with Gasteiger partial charge in [0.15, 0.2) is 0 Å². The first-order chi connectivity index (χ1) is 12.7. The van der Waals surface area contributed by atoms with Crippen molar-refractivity contribution in [2.75, 3.05) is 0 Å². The van der Waals surface area contributed by atoms with Crippen molar-refractivity contribution in [2.24, 2.45) is 17.3 Å². The fraction of sp³-hybridized carbons (Fsp3) is 0.579. The molecule has 1 N–H and O–H groups in total. The van der Waals surface area contributed by atoms with E-state index in [-0.39, 0.29) is 33.9 Å². The molecule has 2 atom stereocenters. The van der Waals surface area contributed by atoms with Crippen molar-refractivity contribution in [3.05, 3.63) is 33.3 Å². The molecule has 0 saturated heterocycles. The SMILES string of the molecule is CC(=O)NC12CC3CC(C1)CC(C(=O)Oc1ccc([N+](=O)[O-])c(Cl)c1)(C3)C2. The van der Waals surface area contributed by atoms with Crippen LogP contribution in [0.1, 0.15) is 45.4 Å². The van der Waals surface area contributed by atoms with Gasteiger partial charge in [-0.25, -0.2) is 0 Å². The van der Waals surface area contributed by atoms with Crippen LogP contribution in [0, 0.1) is 27.4 Å². The second-order valence-electron chi connectivity index (χ2n) is 8.46. The van der Waals surface area contributed by atoms with Gasteiger partial charge >= 0.3 is 5.97 Å². The second kappa shape index (κ2) is 6.19. The molecule has 4 bridgehead atoms. The quantitative estimate of drug-likeness (QED) is 0.365.